The molecule has 0 saturated heterocycles. The molecule has 0 saturated carbocycles. The molecule has 2 nitrogen and oxygen atoms in total. The van der Waals surface area contributed by atoms with Gasteiger partial charge in [0, 0.05) is 12.2 Å². The number of anilines is 1. The standard InChI is InChI=1S/C10H14N2/c1-3-11-9(2)12-10-7-5-4-6-8-10/h4-8H,3H2,1-2H3,(H,11,12). The van der Waals surface area contributed by atoms with Crippen molar-refractivity contribution in [2.24, 2.45) is 4.99 Å². The van der Waals surface area contributed by atoms with Crippen LogP contribution in [0.15, 0.2) is 35.3 Å². The van der Waals surface area contributed by atoms with E-state index in [0.717, 1.165) is 18.1 Å². The molecule has 0 amide bonds. The highest BCUT2D eigenvalue weighted by molar-refractivity contribution is 5.93. The quantitative estimate of drug-likeness (QED) is 0.524. The Morgan fingerprint density at radius 3 is 2.58 bits per heavy atom. The first-order valence-corrected chi connectivity index (χ1v) is 4.16. The number of nitrogens with one attached hydrogen (secondary N) is 1. The number of nitrogens with zero attached hydrogens (tertiary/aromatic N) is 1. The lowest BCUT2D eigenvalue weighted by Gasteiger charge is -2.03. The van der Waals surface area contributed by atoms with Gasteiger partial charge in [0.15, 0.2) is 0 Å². The van der Waals surface area contributed by atoms with Gasteiger partial charge < -0.3 is 5.32 Å². The number of benzene rings is 1. The van der Waals surface area contributed by atoms with Crippen molar-refractivity contribution < 1.29 is 0 Å². The molecule has 0 spiro atoms. The molecule has 0 atom stereocenters. The van der Waals surface area contributed by atoms with Crippen LogP contribution in [0.1, 0.15) is 13.8 Å². The number of rotatable bonds is 2. The summed E-state index contributed by atoms with van der Waals surface area (Å²) in [6, 6.07) is 10.0. The van der Waals surface area contributed by atoms with Crippen LogP contribution in [0.2, 0.25) is 0 Å². The minimum Gasteiger partial charge on any atom is -0.344 e. The molecule has 0 aliphatic carbocycles. The highest BCUT2D eigenvalue weighted by Gasteiger charge is 1.89. The molecule has 0 fully saturated rings. The van der Waals surface area contributed by atoms with Gasteiger partial charge in [0.1, 0.15) is 0 Å². The SMILES string of the molecule is CCN=C(C)Nc1ccccc1. The summed E-state index contributed by atoms with van der Waals surface area (Å²) in [5.74, 6) is 0.962. The van der Waals surface area contributed by atoms with Crippen molar-refractivity contribution in [2.75, 3.05) is 11.9 Å². The Hall–Kier alpha value is -1.31. The lowest BCUT2D eigenvalue weighted by molar-refractivity contribution is 1.12. The first kappa shape index (κ1) is 8.78. The van der Waals surface area contributed by atoms with Gasteiger partial charge >= 0.3 is 0 Å². The minimum absolute atomic E-state index is 0.825. The van der Waals surface area contributed by atoms with E-state index in [1.807, 2.05) is 44.2 Å². The molecule has 1 N–H and O–H groups in total. The predicted octanol–water partition coefficient (Wildman–Crippen LogP) is 2.54. The van der Waals surface area contributed by atoms with Crippen LogP contribution in [-0.4, -0.2) is 12.4 Å². The third kappa shape index (κ3) is 2.74. The van der Waals surface area contributed by atoms with Gasteiger partial charge in [0.25, 0.3) is 0 Å². The summed E-state index contributed by atoms with van der Waals surface area (Å²) in [4.78, 5) is 4.23. The van der Waals surface area contributed by atoms with Crippen molar-refractivity contribution in [3.63, 3.8) is 0 Å². The Bertz CT molecular complexity index is 252. The molecule has 1 aromatic carbocycles. The fraction of sp³-hybridized carbons (Fsp3) is 0.300. The Morgan fingerprint density at radius 2 is 2.00 bits per heavy atom. The Labute approximate surface area is 73.3 Å². The molecule has 1 rings (SSSR count). The van der Waals surface area contributed by atoms with Crippen LogP contribution < -0.4 is 5.32 Å². The van der Waals surface area contributed by atoms with Crippen molar-refractivity contribution in [3.8, 4) is 0 Å². The van der Waals surface area contributed by atoms with Crippen LogP contribution in [0.25, 0.3) is 0 Å². The van der Waals surface area contributed by atoms with E-state index in [-0.39, 0.29) is 0 Å². The van der Waals surface area contributed by atoms with Crippen LogP contribution in [-0.2, 0) is 0 Å². The van der Waals surface area contributed by atoms with E-state index in [1.54, 1.807) is 0 Å². The number of hydrogen-bond acceptors (Lipinski definition) is 1. The summed E-state index contributed by atoms with van der Waals surface area (Å²) in [7, 11) is 0. The van der Waals surface area contributed by atoms with E-state index >= 15 is 0 Å². The highest BCUT2D eigenvalue weighted by atomic mass is 15.0. The normalized spacial score (nSPS) is 11.3. The van der Waals surface area contributed by atoms with E-state index < -0.39 is 0 Å². The van der Waals surface area contributed by atoms with Crippen molar-refractivity contribution in [1.29, 1.82) is 0 Å². The average Bonchev–Trinajstić information content (AvgIpc) is 2.06. The van der Waals surface area contributed by atoms with E-state index in [0.29, 0.717) is 0 Å². The van der Waals surface area contributed by atoms with E-state index in [1.165, 1.54) is 0 Å². The number of aliphatic imine (C=N–C) groups is 1. The Morgan fingerprint density at radius 1 is 1.33 bits per heavy atom. The minimum atomic E-state index is 0.825. The van der Waals surface area contributed by atoms with Crippen molar-refractivity contribution in [3.05, 3.63) is 30.3 Å². The van der Waals surface area contributed by atoms with E-state index in [2.05, 4.69) is 10.3 Å². The summed E-state index contributed by atoms with van der Waals surface area (Å²) < 4.78 is 0. The molecule has 0 heterocycles. The highest BCUT2D eigenvalue weighted by Crippen LogP contribution is 2.04. The van der Waals surface area contributed by atoms with Crippen molar-refractivity contribution >= 4 is 11.5 Å². The van der Waals surface area contributed by atoms with Gasteiger partial charge in [-0.2, -0.15) is 0 Å². The summed E-state index contributed by atoms with van der Waals surface area (Å²) in [6.07, 6.45) is 0. The molecule has 1 aromatic rings. The fourth-order valence-corrected chi connectivity index (χ4v) is 1.01. The van der Waals surface area contributed by atoms with E-state index in [9.17, 15) is 0 Å². The zero-order chi connectivity index (χ0) is 8.81. The third-order valence-corrected chi connectivity index (χ3v) is 1.49. The lowest BCUT2D eigenvalue weighted by Crippen LogP contribution is -2.06. The Balaban J connectivity index is 2.58. The molecule has 0 aromatic heterocycles. The van der Waals surface area contributed by atoms with Crippen LogP contribution in [0.3, 0.4) is 0 Å². The molecule has 12 heavy (non-hydrogen) atoms. The first-order valence-electron chi connectivity index (χ1n) is 4.16. The monoisotopic (exact) mass is 162 g/mol. The molecule has 64 valence electrons. The number of para-hydroxylation sites is 1. The van der Waals surface area contributed by atoms with Gasteiger partial charge in [-0.3, -0.25) is 4.99 Å². The van der Waals surface area contributed by atoms with Gasteiger partial charge in [-0.1, -0.05) is 18.2 Å². The van der Waals surface area contributed by atoms with Gasteiger partial charge in [-0.05, 0) is 26.0 Å². The third-order valence-electron chi connectivity index (χ3n) is 1.49. The second-order valence-electron chi connectivity index (χ2n) is 2.55. The zero-order valence-electron chi connectivity index (χ0n) is 7.54. The van der Waals surface area contributed by atoms with Crippen LogP contribution in [0, 0.1) is 0 Å². The van der Waals surface area contributed by atoms with Gasteiger partial charge in [0.05, 0.1) is 5.84 Å². The fourth-order valence-electron chi connectivity index (χ4n) is 1.01. The average molecular weight is 162 g/mol. The van der Waals surface area contributed by atoms with E-state index in [4.69, 9.17) is 0 Å². The second kappa shape index (κ2) is 4.54. The Kier molecular flexibility index (Phi) is 3.33. The maximum absolute atomic E-state index is 4.23. The zero-order valence-corrected chi connectivity index (χ0v) is 7.54. The molecule has 2 heteroatoms. The van der Waals surface area contributed by atoms with Crippen LogP contribution in [0.5, 0.6) is 0 Å². The largest absolute Gasteiger partial charge is 0.344 e. The molecule has 0 aliphatic heterocycles. The smallest absolute Gasteiger partial charge is 0.0975 e. The first-order chi connectivity index (χ1) is 5.83. The van der Waals surface area contributed by atoms with Gasteiger partial charge in [-0.25, -0.2) is 0 Å². The summed E-state index contributed by atoms with van der Waals surface area (Å²) in [5.41, 5.74) is 1.09. The van der Waals surface area contributed by atoms with Crippen molar-refractivity contribution in [2.45, 2.75) is 13.8 Å². The van der Waals surface area contributed by atoms with Crippen molar-refractivity contribution in [1.82, 2.24) is 0 Å². The second-order valence-corrected chi connectivity index (χ2v) is 2.55. The maximum Gasteiger partial charge on any atom is 0.0975 e. The predicted molar refractivity (Wildman–Crippen MR) is 53.7 cm³/mol. The molecule has 0 radical (unpaired) electrons. The van der Waals surface area contributed by atoms with Crippen LogP contribution in [0.4, 0.5) is 5.69 Å². The molecule has 0 unspecified atom stereocenters. The number of amidine groups is 1. The number of hydrogen-bond donors (Lipinski definition) is 1. The summed E-state index contributed by atoms with van der Waals surface area (Å²) in [5, 5.41) is 3.19. The summed E-state index contributed by atoms with van der Waals surface area (Å²) >= 11 is 0. The molecular formula is C10H14N2. The molecular weight excluding hydrogens is 148 g/mol. The molecule has 0 aliphatic rings. The molecule has 0 bridgehead atoms. The van der Waals surface area contributed by atoms with Gasteiger partial charge in [-0.15, -0.1) is 0 Å². The lowest BCUT2D eigenvalue weighted by atomic mass is 10.3. The summed E-state index contributed by atoms with van der Waals surface area (Å²) in [6.45, 7) is 4.82. The maximum atomic E-state index is 4.23. The topological polar surface area (TPSA) is 24.4 Å². The van der Waals surface area contributed by atoms with Gasteiger partial charge in [0.2, 0.25) is 0 Å². The van der Waals surface area contributed by atoms with Crippen LogP contribution >= 0.6 is 0 Å².